The Balaban J connectivity index is 2.82. The number of anilines is 1. The highest BCUT2D eigenvalue weighted by atomic mass is 35.5. The van der Waals surface area contributed by atoms with Crippen molar-refractivity contribution in [3.05, 3.63) is 22.8 Å². The lowest BCUT2D eigenvalue weighted by Gasteiger charge is -2.23. The molecule has 1 unspecified atom stereocenters. The first-order valence-corrected chi connectivity index (χ1v) is 6.52. The van der Waals surface area contributed by atoms with Crippen molar-refractivity contribution in [3.63, 3.8) is 0 Å². The van der Waals surface area contributed by atoms with E-state index in [1.165, 1.54) is 6.07 Å². The van der Waals surface area contributed by atoms with Crippen molar-refractivity contribution in [2.45, 2.75) is 26.8 Å². The molecule has 0 fully saturated rings. The third-order valence-corrected chi connectivity index (χ3v) is 2.93. The van der Waals surface area contributed by atoms with Crippen molar-refractivity contribution >= 4 is 23.3 Å². The van der Waals surface area contributed by atoms with Gasteiger partial charge >= 0.3 is 0 Å². The fourth-order valence-electron chi connectivity index (χ4n) is 1.73. The quantitative estimate of drug-likeness (QED) is 0.840. The zero-order chi connectivity index (χ0) is 14.4. The van der Waals surface area contributed by atoms with E-state index >= 15 is 0 Å². The van der Waals surface area contributed by atoms with E-state index in [9.17, 15) is 4.79 Å². The Morgan fingerprint density at radius 2 is 2.16 bits per heavy atom. The van der Waals surface area contributed by atoms with Crippen molar-refractivity contribution in [1.82, 2.24) is 9.88 Å². The number of carbonyl (C=O) groups excluding carboxylic acids is 1. The summed E-state index contributed by atoms with van der Waals surface area (Å²) < 4.78 is 0. The van der Waals surface area contributed by atoms with Crippen LogP contribution in [0.25, 0.3) is 0 Å². The van der Waals surface area contributed by atoms with Gasteiger partial charge in [0, 0.05) is 13.1 Å². The molecule has 5 nitrogen and oxygen atoms in total. The second-order valence-corrected chi connectivity index (χ2v) is 4.44. The van der Waals surface area contributed by atoms with Crippen LogP contribution in [0.1, 0.15) is 26.3 Å². The molecule has 1 atom stereocenters. The number of rotatable bonds is 5. The Labute approximate surface area is 118 Å². The SMILES string of the molecule is CCN(CC)C(=O)C(C)Nc1cc(C#N)cc(Cl)n1. The van der Waals surface area contributed by atoms with Crippen LogP contribution in [0, 0.1) is 11.3 Å². The zero-order valence-electron chi connectivity index (χ0n) is 11.3. The number of hydrogen-bond donors (Lipinski definition) is 1. The normalized spacial score (nSPS) is 11.5. The monoisotopic (exact) mass is 280 g/mol. The van der Waals surface area contributed by atoms with Crippen molar-refractivity contribution in [2.75, 3.05) is 18.4 Å². The van der Waals surface area contributed by atoms with Gasteiger partial charge in [0.05, 0.1) is 11.6 Å². The maximum Gasteiger partial charge on any atom is 0.244 e. The van der Waals surface area contributed by atoms with Gasteiger partial charge in [0.2, 0.25) is 5.91 Å². The van der Waals surface area contributed by atoms with Gasteiger partial charge in [0.25, 0.3) is 0 Å². The van der Waals surface area contributed by atoms with Crippen LogP contribution < -0.4 is 5.32 Å². The summed E-state index contributed by atoms with van der Waals surface area (Å²) in [5.74, 6) is 0.419. The molecule has 1 heterocycles. The Bertz CT molecular complexity index is 494. The van der Waals surface area contributed by atoms with Gasteiger partial charge in [-0.2, -0.15) is 5.26 Å². The summed E-state index contributed by atoms with van der Waals surface area (Å²) in [6.45, 7) is 6.94. The van der Waals surface area contributed by atoms with E-state index < -0.39 is 6.04 Å². The first-order chi connectivity index (χ1) is 9.01. The molecular formula is C13H17ClN4O. The molecule has 0 aliphatic rings. The molecule has 1 amide bonds. The number of nitriles is 1. The summed E-state index contributed by atoms with van der Waals surface area (Å²) >= 11 is 5.81. The minimum absolute atomic E-state index is 0.00900. The summed E-state index contributed by atoms with van der Waals surface area (Å²) in [5.41, 5.74) is 0.407. The smallest absolute Gasteiger partial charge is 0.244 e. The number of amides is 1. The van der Waals surface area contributed by atoms with Crippen LogP contribution >= 0.6 is 11.6 Å². The fourth-order valence-corrected chi connectivity index (χ4v) is 1.94. The minimum atomic E-state index is -0.419. The van der Waals surface area contributed by atoms with E-state index in [1.54, 1.807) is 17.9 Å². The third-order valence-electron chi connectivity index (χ3n) is 2.73. The van der Waals surface area contributed by atoms with E-state index in [4.69, 9.17) is 16.9 Å². The third kappa shape index (κ3) is 4.11. The van der Waals surface area contributed by atoms with Gasteiger partial charge in [-0.1, -0.05) is 11.6 Å². The topological polar surface area (TPSA) is 69.0 Å². The summed E-state index contributed by atoms with van der Waals surface area (Å²) in [4.78, 5) is 17.9. The van der Waals surface area contributed by atoms with Gasteiger partial charge < -0.3 is 10.2 Å². The Kier molecular flexibility index (Phi) is 5.58. The van der Waals surface area contributed by atoms with Crippen molar-refractivity contribution < 1.29 is 4.79 Å². The molecule has 0 saturated carbocycles. The molecule has 0 spiro atoms. The number of likely N-dealkylation sites (N-methyl/N-ethyl adjacent to an activating group) is 1. The van der Waals surface area contributed by atoms with Crippen LogP contribution in [0.5, 0.6) is 0 Å². The highest BCUT2D eigenvalue weighted by Gasteiger charge is 2.18. The molecular weight excluding hydrogens is 264 g/mol. The van der Waals surface area contributed by atoms with E-state index in [2.05, 4.69) is 10.3 Å². The highest BCUT2D eigenvalue weighted by molar-refractivity contribution is 6.29. The maximum atomic E-state index is 12.1. The predicted octanol–water partition coefficient (Wildman–Crippen LogP) is 2.28. The fraction of sp³-hybridized carbons (Fsp3) is 0.462. The van der Waals surface area contributed by atoms with Gasteiger partial charge in [-0.15, -0.1) is 0 Å². The second-order valence-electron chi connectivity index (χ2n) is 4.05. The average Bonchev–Trinajstić information content (AvgIpc) is 2.39. The van der Waals surface area contributed by atoms with Crippen LogP contribution in [0.3, 0.4) is 0 Å². The second kappa shape index (κ2) is 6.95. The number of pyridine rings is 1. The van der Waals surface area contributed by atoms with E-state index in [0.717, 1.165) is 0 Å². The molecule has 0 saturated heterocycles. The van der Waals surface area contributed by atoms with E-state index in [0.29, 0.717) is 24.5 Å². The Morgan fingerprint density at radius 1 is 1.53 bits per heavy atom. The van der Waals surface area contributed by atoms with Crippen molar-refractivity contribution in [1.29, 1.82) is 5.26 Å². The van der Waals surface area contributed by atoms with Gasteiger partial charge in [-0.25, -0.2) is 4.98 Å². The molecule has 0 aliphatic heterocycles. The molecule has 0 bridgehead atoms. The first-order valence-electron chi connectivity index (χ1n) is 6.14. The lowest BCUT2D eigenvalue weighted by molar-refractivity contribution is -0.131. The lowest BCUT2D eigenvalue weighted by Crippen LogP contribution is -2.41. The summed E-state index contributed by atoms with van der Waals surface area (Å²) in [6, 6.07) is 4.62. The summed E-state index contributed by atoms with van der Waals surface area (Å²) in [5, 5.41) is 12.0. The van der Waals surface area contributed by atoms with Gasteiger partial charge in [-0.05, 0) is 32.9 Å². The number of aromatic nitrogens is 1. The molecule has 1 aromatic heterocycles. The van der Waals surface area contributed by atoms with Crippen molar-refractivity contribution in [3.8, 4) is 6.07 Å². The zero-order valence-corrected chi connectivity index (χ0v) is 12.0. The van der Waals surface area contributed by atoms with Crippen LogP contribution in [-0.4, -0.2) is 34.9 Å². The van der Waals surface area contributed by atoms with Crippen molar-refractivity contribution in [2.24, 2.45) is 0 Å². The van der Waals surface area contributed by atoms with Gasteiger partial charge in [0.15, 0.2) is 0 Å². The molecule has 1 aromatic rings. The molecule has 0 aromatic carbocycles. The molecule has 19 heavy (non-hydrogen) atoms. The highest BCUT2D eigenvalue weighted by Crippen LogP contribution is 2.15. The molecule has 102 valence electrons. The number of halogens is 1. The molecule has 1 rings (SSSR count). The molecule has 0 aliphatic carbocycles. The van der Waals surface area contributed by atoms with Crippen LogP contribution in [0.15, 0.2) is 12.1 Å². The predicted molar refractivity (Wildman–Crippen MR) is 75.0 cm³/mol. The largest absolute Gasteiger partial charge is 0.359 e. The Hall–Kier alpha value is -1.80. The standard InChI is InChI=1S/C13H17ClN4O/c1-4-18(5-2)13(19)9(3)16-12-7-10(8-15)6-11(14)17-12/h6-7,9H,4-5H2,1-3H3,(H,16,17). The average molecular weight is 281 g/mol. The lowest BCUT2D eigenvalue weighted by atomic mass is 10.2. The van der Waals surface area contributed by atoms with Crippen LogP contribution in [0.2, 0.25) is 5.15 Å². The number of carbonyl (C=O) groups is 1. The first kappa shape index (κ1) is 15.3. The number of nitrogens with zero attached hydrogens (tertiary/aromatic N) is 3. The summed E-state index contributed by atoms with van der Waals surface area (Å²) in [6.07, 6.45) is 0. The summed E-state index contributed by atoms with van der Waals surface area (Å²) in [7, 11) is 0. The minimum Gasteiger partial charge on any atom is -0.359 e. The number of hydrogen-bond acceptors (Lipinski definition) is 4. The van der Waals surface area contributed by atoms with Crippen LogP contribution in [0.4, 0.5) is 5.82 Å². The van der Waals surface area contributed by atoms with E-state index in [-0.39, 0.29) is 11.1 Å². The molecule has 1 N–H and O–H groups in total. The van der Waals surface area contributed by atoms with Gasteiger partial charge in [0.1, 0.15) is 17.0 Å². The maximum absolute atomic E-state index is 12.1. The van der Waals surface area contributed by atoms with E-state index in [1.807, 2.05) is 19.9 Å². The Morgan fingerprint density at radius 3 is 2.68 bits per heavy atom. The van der Waals surface area contributed by atoms with Crippen LogP contribution in [-0.2, 0) is 4.79 Å². The number of nitrogens with one attached hydrogen (secondary N) is 1. The molecule has 6 heteroatoms. The van der Waals surface area contributed by atoms with Gasteiger partial charge in [-0.3, -0.25) is 4.79 Å². The molecule has 0 radical (unpaired) electrons.